The van der Waals surface area contributed by atoms with Crippen LogP contribution in [0.4, 0.5) is 18.9 Å². The number of ether oxygens (including phenoxy) is 1. The quantitative estimate of drug-likeness (QED) is 0.673. The summed E-state index contributed by atoms with van der Waals surface area (Å²) in [5.74, 6) is 0.161. The van der Waals surface area contributed by atoms with E-state index in [1.807, 2.05) is 36.4 Å². The predicted molar refractivity (Wildman–Crippen MR) is 106 cm³/mol. The van der Waals surface area contributed by atoms with Crippen molar-refractivity contribution in [2.45, 2.75) is 25.3 Å². The smallest absolute Gasteiger partial charge is 0.417 e. The zero-order valence-corrected chi connectivity index (χ0v) is 16.0. The first-order chi connectivity index (χ1) is 14.4. The topological polar surface area (TPSA) is 58.5 Å². The number of rotatable bonds is 5. The molecule has 1 saturated heterocycles. The standard InChI is InChI=1S/C22H20F3N3O2/c23-22(24,25)17-6-7-21(27-12-17)30-18-8-9-28(13-18)20-10-16(11-26-19(20)14-29)15-4-2-1-3-5-15/h1-7,10-12,18,29H,8-9,13-14H2/t18-/m0/s1. The highest BCUT2D eigenvalue weighted by atomic mass is 19.4. The maximum absolute atomic E-state index is 12.7. The van der Waals surface area contributed by atoms with Crippen LogP contribution in [-0.4, -0.2) is 34.3 Å². The minimum absolute atomic E-state index is 0.161. The molecule has 0 radical (unpaired) electrons. The van der Waals surface area contributed by atoms with Crippen molar-refractivity contribution in [3.8, 4) is 17.0 Å². The molecule has 1 aliphatic heterocycles. The van der Waals surface area contributed by atoms with Crippen molar-refractivity contribution >= 4 is 5.69 Å². The second-order valence-electron chi connectivity index (χ2n) is 7.07. The monoisotopic (exact) mass is 415 g/mol. The molecule has 0 unspecified atom stereocenters. The Morgan fingerprint density at radius 3 is 2.50 bits per heavy atom. The molecule has 156 valence electrons. The van der Waals surface area contributed by atoms with Gasteiger partial charge in [0.1, 0.15) is 6.10 Å². The maximum Gasteiger partial charge on any atom is 0.417 e. The number of hydrogen-bond acceptors (Lipinski definition) is 5. The average Bonchev–Trinajstić information content (AvgIpc) is 3.22. The fourth-order valence-electron chi connectivity index (χ4n) is 3.50. The molecule has 30 heavy (non-hydrogen) atoms. The van der Waals surface area contributed by atoms with Crippen LogP contribution in [0.15, 0.2) is 60.9 Å². The molecule has 1 atom stereocenters. The molecule has 4 rings (SSSR count). The number of aromatic nitrogens is 2. The highest BCUT2D eigenvalue weighted by Gasteiger charge is 2.31. The third kappa shape index (κ3) is 4.38. The third-order valence-electron chi connectivity index (χ3n) is 5.04. The zero-order valence-electron chi connectivity index (χ0n) is 16.0. The first-order valence-corrected chi connectivity index (χ1v) is 9.54. The lowest BCUT2D eigenvalue weighted by molar-refractivity contribution is -0.137. The number of halogens is 3. The zero-order chi connectivity index (χ0) is 21.1. The van der Waals surface area contributed by atoms with Crippen molar-refractivity contribution in [2.24, 2.45) is 0 Å². The van der Waals surface area contributed by atoms with Gasteiger partial charge in [-0.2, -0.15) is 13.2 Å². The average molecular weight is 415 g/mol. The SMILES string of the molecule is OCc1ncc(-c2ccccc2)cc1N1CC[C@H](Oc2ccc(C(F)(F)F)cn2)C1. The van der Waals surface area contributed by atoms with E-state index >= 15 is 0 Å². The Morgan fingerprint density at radius 1 is 1.03 bits per heavy atom. The summed E-state index contributed by atoms with van der Waals surface area (Å²) < 4.78 is 43.8. The van der Waals surface area contributed by atoms with Gasteiger partial charge in [0, 0.05) is 37.0 Å². The van der Waals surface area contributed by atoms with E-state index in [1.54, 1.807) is 6.20 Å². The summed E-state index contributed by atoms with van der Waals surface area (Å²) in [6.07, 6.45) is -1.45. The molecular weight excluding hydrogens is 395 g/mol. The van der Waals surface area contributed by atoms with Crippen LogP contribution in [0.1, 0.15) is 17.7 Å². The Morgan fingerprint density at radius 2 is 1.83 bits per heavy atom. The molecular formula is C22H20F3N3O2. The van der Waals surface area contributed by atoms with E-state index < -0.39 is 11.7 Å². The first kappa shape index (κ1) is 20.2. The number of nitrogens with zero attached hydrogens (tertiary/aromatic N) is 3. The Hall–Kier alpha value is -3.13. The molecule has 0 saturated carbocycles. The van der Waals surface area contributed by atoms with Gasteiger partial charge in [-0.1, -0.05) is 30.3 Å². The third-order valence-corrected chi connectivity index (χ3v) is 5.04. The summed E-state index contributed by atoms with van der Waals surface area (Å²) in [7, 11) is 0. The van der Waals surface area contributed by atoms with E-state index in [0.717, 1.165) is 29.1 Å². The lowest BCUT2D eigenvalue weighted by Gasteiger charge is -2.22. The molecule has 1 aromatic carbocycles. The van der Waals surface area contributed by atoms with Gasteiger partial charge in [-0.05, 0) is 17.7 Å². The molecule has 0 bridgehead atoms. The van der Waals surface area contributed by atoms with Crippen LogP contribution in [0.2, 0.25) is 0 Å². The summed E-state index contributed by atoms with van der Waals surface area (Å²) >= 11 is 0. The Kier molecular flexibility index (Phi) is 5.59. The van der Waals surface area contributed by atoms with Crippen LogP contribution in [0, 0.1) is 0 Å². The molecule has 0 aliphatic carbocycles. The summed E-state index contributed by atoms with van der Waals surface area (Å²) in [5.41, 5.74) is 2.56. The lowest BCUT2D eigenvalue weighted by atomic mass is 10.1. The van der Waals surface area contributed by atoms with Crippen molar-refractivity contribution in [2.75, 3.05) is 18.0 Å². The fraction of sp³-hybridized carbons (Fsp3) is 0.273. The molecule has 1 fully saturated rings. The molecule has 3 aromatic rings. The van der Waals surface area contributed by atoms with Crippen molar-refractivity contribution in [3.63, 3.8) is 0 Å². The summed E-state index contributed by atoms with van der Waals surface area (Å²) in [6.45, 7) is 1.01. The van der Waals surface area contributed by atoms with Crippen molar-refractivity contribution in [3.05, 3.63) is 72.2 Å². The van der Waals surface area contributed by atoms with Gasteiger partial charge in [0.25, 0.3) is 0 Å². The highest BCUT2D eigenvalue weighted by molar-refractivity contribution is 5.69. The second kappa shape index (κ2) is 8.31. The normalized spacial score (nSPS) is 16.7. The number of hydrogen-bond donors (Lipinski definition) is 1. The van der Waals surface area contributed by atoms with Crippen LogP contribution in [-0.2, 0) is 12.8 Å². The van der Waals surface area contributed by atoms with Crippen LogP contribution < -0.4 is 9.64 Å². The van der Waals surface area contributed by atoms with Crippen molar-refractivity contribution < 1.29 is 23.0 Å². The van der Waals surface area contributed by atoms with Gasteiger partial charge in [0.05, 0.1) is 30.1 Å². The molecule has 1 aliphatic rings. The van der Waals surface area contributed by atoms with E-state index in [4.69, 9.17) is 4.74 Å². The van der Waals surface area contributed by atoms with Gasteiger partial charge in [-0.25, -0.2) is 4.98 Å². The summed E-state index contributed by atoms with van der Waals surface area (Å²) in [4.78, 5) is 10.3. The van der Waals surface area contributed by atoms with E-state index in [0.29, 0.717) is 25.2 Å². The van der Waals surface area contributed by atoms with Gasteiger partial charge >= 0.3 is 6.18 Å². The van der Waals surface area contributed by atoms with Gasteiger partial charge in [0.2, 0.25) is 5.88 Å². The van der Waals surface area contributed by atoms with E-state index in [2.05, 4.69) is 14.9 Å². The number of benzene rings is 1. The lowest BCUT2D eigenvalue weighted by Crippen LogP contribution is -2.26. The maximum atomic E-state index is 12.7. The first-order valence-electron chi connectivity index (χ1n) is 9.54. The minimum Gasteiger partial charge on any atom is -0.472 e. The molecule has 0 amide bonds. The second-order valence-corrected chi connectivity index (χ2v) is 7.07. The summed E-state index contributed by atoms with van der Waals surface area (Å²) in [5, 5.41) is 9.71. The number of aliphatic hydroxyl groups is 1. The molecule has 8 heteroatoms. The van der Waals surface area contributed by atoms with Gasteiger partial charge < -0.3 is 14.7 Å². The number of pyridine rings is 2. The van der Waals surface area contributed by atoms with Gasteiger partial charge in [-0.15, -0.1) is 0 Å². The van der Waals surface area contributed by atoms with Gasteiger partial charge in [0.15, 0.2) is 0 Å². The van der Waals surface area contributed by atoms with Crippen molar-refractivity contribution in [1.29, 1.82) is 0 Å². The van der Waals surface area contributed by atoms with E-state index in [1.165, 1.54) is 6.07 Å². The predicted octanol–water partition coefficient (Wildman–Crippen LogP) is 4.31. The Balaban J connectivity index is 1.49. The molecule has 2 aromatic heterocycles. The molecule has 5 nitrogen and oxygen atoms in total. The largest absolute Gasteiger partial charge is 0.472 e. The Bertz CT molecular complexity index is 995. The molecule has 3 heterocycles. The fourth-order valence-corrected chi connectivity index (χ4v) is 3.50. The highest BCUT2D eigenvalue weighted by Crippen LogP contribution is 2.31. The minimum atomic E-state index is -4.42. The van der Waals surface area contributed by atoms with Crippen molar-refractivity contribution in [1.82, 2.24) is 9.97 Å². The van der Waals surface area contributed by atoms with Crippen LogP contribution in [0.25, 0.3) is 11.1 Å². The van der Waals surface area contributed by atoms with E-state index in [-0.39, 0.29) is 18.6 Å². The van der Waals surface area contributed by atoms with Crippen LogP contribution in [0.5, 0.6) is 5.88 Å². The van der Waals surface area contributed by atoms with Crippen LogP contribution in [0.3, 0.4) is 0 Å². The number of alkyl halides is 3. The van der Waals surface area contributed by atoms with Crippen LogP contribution >= 0.6 is 0 Å². The number of aliphatic hydroxyl groups excluding tert-OH is 1. The summed E-state index contributed by atoms with van der Waals surface area (Å²) in [6, 6.07) is 14.0. The molecule has 1 N–H and O–H groups in total. The molecule has 0 spiro atoms. The Labute approximate surface area is 171 Å². The van der Waals surface area contributed by atoms with Gasteiger partial charge in [-0.3, -0.25) is 4.98 Å². The van der Waals surface area contributed by atoms with E-state index in [9.17, 15) is 18.3 Å². The number of anilines is 1.